The van der Waals surface area contributed by atoms with Gasteiger partial charge in [0.25, 0.3) is 0 Å². The fourth-order valence-corrected chi connectivity index (χ4v) is 9.05. The fourth-order valence-electron chi connectivity index (χ4n) is 8.01. The maximum Gasteiger partial charge on any atom is 0.216 e. The van der Waals surface area contributed by atoms with Crippen LogP contribution in [0.15, 0.2) is 205 Å². The Bertz CT molecular complexity index is 3250. The van der Waals surface area contributed by atoms with Gasteiger partial charge in [-0.1, -0.05) is 164 Å². The van der Waals surface area contributed by atoms with Gasteiger partial charge in [-0.25, -0.2) is 4.98 Å². The number of imidazole rings is 1. The van der Waals surface area contributed by atoms with Crippen LogP contribution in [0.2, 0.25) is 19.6 Å². The number of rotatable bonds is 7. The van der Waals surface area contributed by atoms with E-state index in [4.69, 9.17) is 14.4 Å². The van der Waals surface area contributed by atoms with Crippen molar-refractivity contribution < 1.29 is 24.5 Å². The van der Waals surface area contributed by atoms with Crippen LogP contribution in [-0.4, -0.2) is 27.6 Å². The normalized spacial score (nSPS) is 11.3. The molecule has 0 aliphatic carbocycles. The van der Waals surface area contributed by atoms with Crippen LogP contribution in [0.1, 0.15) is 0 Å². The van der Waals surface area contributed by atoms with E-state index in [0.29, 0.717) is 11.3 Å². The van der Waals surface area contributed by atoms with Crippen LogP contribution in [0.5, 0.6) is 0 Å². The third-order valence-corrected chi connectivity index (χ3v) is 13.2. The van der Waals surface area contributed by atoms with Gasteiger partial charge in [0.05, 0.1) is 41.9 Å². The smallest absolute Gasteiger partial charge is 0.216 e. The molecule has 0 N–H and O–H groups in total. The molecule has 0 atom stereocenters. The van der Waals surface area contributed by atoms with Crippen LogP contribution in [0.25, 0.3) is 94.9 Å². The molecule has 0 saturated carbocycles. The zero-order valence-corrected chi connectivity index (χ0v) is 38.5. The standard InChI is InChI=1S/C42H26N3O.C14H16NSi.Ir/c1-4-14-28(15-5-1)31-20-12-21-32(29-16-6-2-7-17-29)39(31)45-38-25-11-10-24-37(38)43-41(45)35-23-13-22-33-34-26-27-36(30-18-8-3-9-19-30)44-42(34)46-40(33)35;1-16(2,3)13-9-10-14(15-11-13)12-7-5-4-6-8-12;/h1-22,24-27H;4-7,9-11H,1-3H3;/q2*-1;. The Hall–Kier alpha value is -7.02. The van der Waals surface area contributed by atoms with E-state index in [9.17, 15) is 0 Å². The molecule has 5 nitrogen and oxygen atoms in total. The van der Waals surface area contributed by atoms with E-state index in [0.717, 1.165) is 83.6 Å². The SMILES string of the molecule is C[Si](C)(C)c1ccc(-c2[c-]cccc2)nc1.[Ir].[c-]1ccc2c(oc3nc(-c4ccccc4)ccc32)c1-c1nc2ccccc2n1-c1c(-c2ccccc2)cccc1-c1ccccc1. The molecule has 0 unspecified atom stereocenters. The summed E-state index contributed by atoms with van der Waals surface area (Å²) in [6.07, 6.45) is 2.02. The molecule has 63 heavy (non-hydrogen) atoms. The van der Waals surface area contributed by atoms with Crippen LogP contribution >= 0.6 is 0 Å². The first-order valence-corrected chi connectivity index (χ1v) is 24.4. The van der Waals surface area contributed by atoms with Crippen molar-refractivity contribution in [3.63, 3.8) is 0 Å². The van der Waals surface area contributed by atoms with Gasteiger partial charge in [0, 0.05) is 48.4 Å². The number of para-hydroxylation sites is 3. The summed E-state index contributed by atoms with van der Waals surface area (Å²) >= 11 is 0. The van der Waals surface area contributed by atoms with Gasteiger partial charge in [0.1, 0.15) is 0 Å². The number of fused-ring (bicyclic) bond motifs is 4. The van der Waals surface area contributed by atoms with Crippen LogP contribution in [0.3, 0.4) is 0 Å². The Kier molecular flexibility index (Phi) is 11.7. The molecular formula is C56H42IrN4OSi-2. The number of furan rings is 1. The van der Waals surface area contributed by atoms with Gasteiger partial charge >= 0.3 is 0 Å². The van der Waals surface area contributed by atoms with Crippen molar-refractivity contribution in [2.45, 2.75) is 19.6 Å². The fraction of sp³-hybridized carbons (Fsp3) is 0.0536. The summed E-state index contributed by atoms with van der Waals surface area (Å²) in [7, 11) is -1.23. The molecule has 4 aromatic heterocycles. The molecule has 1 radical (unpaired) electrons. The molecule has 0 aliphatic rings. The Morgan fingerprint density at radius 3 is 1.79 bits per heavy atom. The first-order valence-electron chi connectivity index (χ1n) is 20.9. The minimum absolute atomic E-state index is 0. The van der Waals surface area contributed by atoms with Crippen molar-refractivity contribution in [1.29, 1.82) is 0 Å². The molecule has 4 heterocycles. The van der Waals surface area contributed by atoms with E-state index in [1.807, 2.05) is 60.8 Å². The number of hydrogen-bond acceptors (Lipinski definition) is 4. The van der Waals surface area contributed by atoms with Gasteiger partial charge in [-0.15, -0.1) is 54.1 Å². The van der Waals surface area contributed by atoms with E-state index in [1.54, 1.807) is 0 Å². The molecular weight excluding hydrogens is 965 g/mol. The molecule has 0 amide bonds. The van der Waals surface area contributed by atoms with E-state index < -0.39 is 8.07 Å². The van der Waals surface area contributed by atoms with Crippen molar-refractivity contribution in [1.82, 2.24) is 19.5 Å². The molecule has 7 aromatic carbocycles. The maximum atomic E-state index is 6.62. The first-order chi connectivity index (χ1) is 30.4. The molecule has 0 spiro atoms. The number of hydrogen-bond donors (Lipinski definition) is 0. The van der Waals surface area contributed by atoms with Gasteiger partial charge < -0.3 is 14.0 Å². The average molecular weight is 1010 g/mol. The molecule has 11 aromatic rings. The Morgan fingerprint density at radius 2 is 1.16 bits per heavy atom. The van der Waals surface area contributed by atoms with Gasteiger partial charge in [-0.2, -0.15) is 0 Å². The second-order valence-electron chi connectivity index (χ2n) is 16.3. The van der Waals surface area contributed by atoms with Crippen molar-refractivity contribution in [2.75, 3.05) is 0 Å². The zero-order chi connectivity index (χ0) is 42.0. The monoisotopic (exact) mass is 1010 g/mol. The van der Waals surface area contributed by atoms with Crippen LogP contribution in [0, 0.1) is 12.1 Å². The van der Waals surface area contributed by atoms with E-state index in [-0.39, 0.29) is 20.1 Å². The molecule has 11 rings (SSSR count). The third kappa shape index (κ3) is 8.22. The quantitative estimate of drug-likeness (QED) is 0.118. The molecule has 0 fully saturated rings. The van der Waals surface area contributed by atoms with Gasteiger partial charge in [-0.05, 0) is 46.3 Å². The van der Waals surface area contributed by atoms with Crippen molar-refractivity contribution in [2.24, 2.45) is 0 Å². The van der Waals surface area contributed by atoms with Gasteiger partial charge in [-0.3, -0.25) is 4.98 Å². The van der Waals surface area contributed by atoms with Crippen LogP contribution < -0.4 is 5.19 Å². The molecule has 307 valence electrons. The number of benzene rings is 7. The van der Waals surface area contributed by atoms with Gasteiger partial charge in [0.15, 0.2) is 0 Å². The van der Waals surface area contributed by atoms with Crippen molar-refractivity contribution >= 4 is 46.4 Å². The maximum absolute atomic E-state index is 6.62. The Labute approximate surface area is 382 Å². The molecule has 0 aliphatic heterocycles. The second kappa shape index (κ2) is 17.8. The molecule has 0 bridgehead atoms. The molecule has 0 saturated heterocycles. The summed E-state index contributed by atoms with van der Waals surface area (Å²) in [5, 5.41) is 3.34. The van der Waals surface area contributed by atoms with E-state index in [1.165, 1.54) is 5.19 Å². The van der Waals surface area contributed by atoms with Crippen molar-refractivity contribution in [3.8, 4) is 61.8 Å². The minimum atomic E-state index is -1.23. The predicted molar refractivity (Wildman–Crippen MR) is 258 cm³/mol. The summed E-state index contributed by atoms with van der Waals surface area (Å²) in [6.45, 7) is 7.00. The summed E-state index contributed by atoms with van der Waals surface area (Å²) in [5.41, 5.74) is 13.5. The Balaban J connectivity index is 0.000000251. The third-order valence-electron chi connectivity index (χ3n) is 11.2. The van der Waals surface area contributed by atoms with Crippen LogP contribution in [-0.2, 0) is 20.1 Å². The largest absolute Gasteiger partial charge is 0.486 e. The topological polar surface area (TPSA) is 56.7 Å². The number of pyridine rings is 2. The summed E-state index contributed by atoms with van der Waals surface area (Å²) in [5.74, 6) is 0.759. The summed E-state index contributed by atoms with van der Waals surface area (Å²) < 4.78 is 8.90. The second-order valence-corrected chi connectivity index (χ2v) is 21.3. The van der Waals surface area contributed by atoms with Crippen LogP contribution in [0.4, 0.5) is 0 Å². The van der Waals surface area contributed by atoms with E-state index in [2.05, 4.69) is 181 Å². The predicted octanol–water partition coefficient (Wildman–Crippen LogP) is 13.9. The van der Waals surface area contributed by atoms with E-state index >= 15 is 0 Å². The Morgan fingerprint density at radius 1 is 0.524 bits per heavy atom. The number of nitrogens with zero attached hydrogens (tertiary/aromatic N) is 4. The minimum Gasteiger partial charge on any atom is -0.486 e. The first kappa shape index (κ1) is 41.3. The average Bonchev–Trinajstić information content (AvgIpc) is 3.91. The van der Waals surface area contributed by atoms with Crippen molar-refractivity contribution in [3.05, 3.63) is 212 Å². The summed E-state index contributed by atoms with van der Waals surface area (Å²) in [6, 6.07) is 73.2. The zero-order valence-electron chi connectivity index (χ0n) is 35.1. The summed E-state index contributed by atoms with van der Waals surface area (Å²) in [4.78, 5) is 14.7. The van der Waals surface area contributed by atoms with Gasteiger partial charge in [0.2, 0.25) is 5.71 Å². The molecule has 7 heteroatoms. The number of aromatic nitrogens is 4.